The molecule has 0 aromatic heterocycles. The zero-order valence-electron chi connectivity index (χ0n) is 17.8. The van der Waals surface area contributed by atoms with Crippen LogP contribution in [0.3, 0.4) is 0 Å². The van der Waals surface area contributed by atoms with Crippen molar-refractivity contribution >= 4 is 11.8 Å². The van der Waals surface area contributed by atoms with E-state index in [-0.39, 0.29) is 35.5 Å². The van der Waals surface area contributed by atoms with Crippen molar-refractivity contribution in [3.63, 3.8) is 0 Å². The SMILES string of the molecule is CC(=O)N[C@H]1CC2(CCN(CC(=O)N3C[C@@H](C)O[C@@H](C)C3)CC2)c2ccccc21. The number of nitrogens with one attached hydrogen (secondary N) is 1. The highest BCUT2D eigenvalue weighted by molar-refractivity contribution is 5.78. The molecule has 2 aliphatic heterocycles. The van der Waals surface area contributed by atoms with E-state index in [0.29, 0.717) is 19.6 Å². The number of rotatable bonds is 3. The fourth-order valence-corrected chi connectivity index (χ4v) is 5.55. The van der Waals surface area contributed by atoms with Crippen LogP contribution in [0.15, 0.2) is 24.3 Å². The molecule has 2 saturated heterocycles. The smallest absolute Gasteiger partial charge is 0.236 e. The van der Waals surface area contributed by atoms with Crippen LogP contribution in [-0.4, -0.2) is 66.5 Å². The summed E-state index contributed by atoms with van der Waals surface area (Å²) in [4.78, 5) is 28.8. The number of likely N-dealkylation sites (tertiary alicyclic amines) is 1. The molecule has 0 saturated carbocycles. The second kappa shape index (κ2) is 8.07. The molecule has 2 heterocycles. The summed E-state index contributed by atoms with van der Waals surface area (Å²) >= 11 is 0. The number of hydrogen-bond donors (Lipinski definition) is 1. The van der Waals surface area contributed by atoms with E-state index in [4.69, 9.17) is 4.74 Å². The van der Waals surface area contributed by atoms with Crippen LogP contribution in [0.1, 0.15) is 57.2 Å². The van der Waals surface area contributed by atoms with Gasteiger partial charge in [-0.25, -0.2) is 0 Å². The van der Waals surface area contributed by atoms with Gasteiger partial charge in [0.15, 0.2) is 0 Å². The van der Waals surface area contributed by atoms with E-state index in [0.717, 1.165) is 32.4 Å². The molecule has 29 heavy (non-hydrogen) atoms. The fourth-order valence-electron chi connectivity index (χ4n) is 5.55. The number of piperidine rings is 1. The van der Waals surface area contributed by atoms with Crippen LogP contribution >= 0.6 is 0 Å². The Morgan fingerprint density at radius 3 is 2.45 bits per heavy atom. The van der Waals surface area contributed by atoms with E-state index in [2.05, 4.69) is 34.5 Å². The molecule has 1 N–H and O–H groups in total. The van der Waals surface area contributed by atoms with Crippen LogP contribution in [-0.2, 0) is 19.7 Å². The van der Waals surface area contributed by atoms with E-state index in [1.165, 1.54) is 11.1 Å². The van der Waals surface area contributed by atoms with E-state index >= 15 is 0 Å². The predicted molar refractivity (Wildman–Crippen MR) is 112 cm³/mol. The second-order valence-corrected chi connectivity index (χ2v) is 9.16. The minimum atomic E-state index is 0.0267. The van der Waals surface area contributed by atoms with Gasteiger partial charge in [-0.1, -0.05) is 24.3 Å². The van der Waals surface area contributed by atoms with Crippen LogP contribution in [0, 0.1) is 0 Å². The molecule has 2 fully saturated rings. The average Bonchev–Trinajstić information content (AvgIpc) is 2.96. The maximum absolute atomic E-state index is 12.8. The maximum atomic E-state index is 12.8. The summed E-state index contributed by atoms with van der Waals surface area (Å²) in [7, 11) is 0. The first kappa shape index (κ1) is 20.4. The first-order valence-electron chi connectivity index (χ1n) is 10.9. The molecule has 1 spiro atoms. The molecule has 0 unspecified atom stereocenters. The molecule has 1 aromatic rings. The summed E-state index contributed by atoms with van der Waals surface area (Å²) in [6, 6.07) is 8.65. The molecule has 1 aromatic carbocycles. The number of carbonyl (C=O) groups is 2. The van der Waals surface area contributed by atoms with Crippen molar-refractivity contribution < 1.29 is 14.3 Å². The summed E-state index contributed by atoms with van der Waals surface area (Å²) in [5.74, 6) is 0.241. The molecule has 0 bridgehead atoms. The Balaban J connectivity index is 1.39. The van der Waals surface area contributed by atoms with Gasteiger partial charge in [0, 0.05) is 25.4 Å². The summed E-state index contributed by atoms with van der Waals surface area (Å²) in [6.07, 6.45) is 3.24. The molecular weight excluding hydrogens is 366 g/mol. The van der Waals surface area contributed by atoms with Crippen molar-refractivity contribution in [2.75, 3.05) is 32.7 Å². The highest BCUT2D eigenvalue weighted by Gasteiger charge is 2.45. The van der Waals surface area contributed by atoms with E-state index in [9.17, 15) is 9.59 Å². The average molecular weight is 400 g/mol. The predicted octanol–water partition coefficient (Wildman–Crippen LogP) is 2.24. The molecule has 2 amide bonds. The van der Waals surface area contributed by atoms with Gasteiger partial charge >= 0.3 is 0 Å². The molecule has 3 atom stereocenters. The van der Waals surface area contributed by atoms with Crippen molar-refractivity contribution in [3.8, 4) is 0 Å². The number of hydrogen-bond acceptors (Lipinski definition) is 4. The van der Waals surface area contributed by atoms with Crippen molar-refractivity contribution in [2.45, 2.75) is 63.7 Å². The second-order valence-electron chi connectivity index (χ2n) is 9.16. The number of fused-ring (bicyclic) bond motifs is 2. The van der Waals surface area contributed by atoms with Gasteiger partial charge in [-0.15, -0.1) is 0 Å². The minimum absolute atomic E-state index is 0.0267. The standard InChI is InChI=1S/C23H33N3O3/c1-16-13-26(14-17(2)29-16)22(28)15-25-10-8-23(9-11-25)12-21(24-18(3)27)19-6-4-5-7-20(19)23/h4-7,16-17,21H,8-15H2,1-3H3,(H,24,27)/t16-,17+,21-/m0/s1. The van der Waals surface area contributed by atoms with Gasteiger partial charge in [0.1, 0.15) is 0 Å². The molecule has 0 radical (unpaired) electrons. The number of benzene rings is 1. The molecule has 4 rings (SSSR count). The topological polar surface area (TPSA) is 61.9 Å². The number of carbonyl (C=O) groups excluding carboxylic acids is 2. The Hall–Kier alpha value is -1.92. The molecular formula is C23H33N3O3. The molecule has 3 aliphatic rings. The first-order valence-corrected chi connectivity index (χ1v) is 10.9. The van der Waals surface area contributed by atoms with Crippen molar-refractivity contribution in [3.05, 3.63) is 35.4 Å². The van der Waals surface area contributed by atoms with E-state index in [1.54, 1.807) is 6.92 Å². The Morgan fingerprint density at radius 1 is 1.14 bits per heavy atom. The van der Waals surface area contributed by atoms with Gasteiger partial charge in [-0.3, -0.25) is 14.5 Å². The lowest BCUT2D eigenvalue weighted by Crippen LogP contribution is -2.52. The molecule has 158 valence electrons. The van der Waals surface area contributed by atoms with E-state index in [1.807, 2.05) is 18.7 Å². The van der Waals surface area contributed by atoms with Crippen LogP contribution in [0.2, 0.25) is 0 Å². The largest absolute Gasteiger partial charge is 0.372 e. The fraction of sp³-hybridized carbons (Fsp3) is 0.652. The van der Waals surface area contributed by atoms with Gasteiger partial charge in [0.25, 0.3) is 0 Å². The number of nitrogens with zero attached hydrogens (tertiary/aromatic N) is 2. The van der Waals surface area contributed by atoms with Crippen molar-refractivity contribution in [2.24, 2.45) is 0 Å². The number of morpholine rings is 1. The zero-order valence-corrected chi connectivity index (χ0v) is 17.8. The lowest BCUT2D eigenvalue weighted by atomic mass is 9.73. The quantitative estimate of drug-likeness (QED) is 0.847. The maximum Gasteiger partial charge on any atom is 0.236 e. The number of amides is 2. The lowest BCUT2D eigenvalue weighted by Gasteiger charge is -2.41. The third kappa shape index (κ3) is 4.19. The molecule has 6 heteroatoms. The Morgan fingerprint density at radius 2 is 1.79 bits per heavy atom. The Labute approximate surface area is 173 Å². The third-order valence-electron chi connectivity index (χ3n) is 6.82. The lowest BCUT2D eigenvalue weighted by molar-refractivity contribution is -0.144. The normalized spacial score (nSPS) is 28.9. The van der Waals surface area contributed by atoms with Gasteiger partial charge in [-0.05, 0) is 57.3 Å². The van der Waals surface area contributed by atoms with Gasteiger partial charge < -0.3 is 15.0 Å². The van der Waals surface area contributed by atoms with Gasteiger partial charge in [0.2, 0.25) is 11.8 Å². The zero-order chi connectivity index (χ0) is 20.6. The highest BCUT2D eigenvalue weighted by atomic mass is 16.5. The summed E-state index contributed by atoms with van der Waals surface area (Å²) in [5.41, 5.74) is 2.77. The molecule has 1 aliphatic carbocycles. The van der Waals surface area contributed by atoms with Crippen LogP contribution in [0.25, 0.3) is 0 Å². The third-order valence-corrected chi connectivity index (χ3v) is 6.82. The van der Waals surface area contributed by atoms with Crippen LogP contribution in [0.4, 0.5) is 0 Å². The molecule has 6 nitrogen and oxygen atoms in total. The summed E-state index contributed by atoms with van der Waals surface area (Å²) in [5, 5.41) is 3.14. The Bertz CT molecular complexity index is 762. The highest BCUT2D eigenvalue weighted by Crippen LogP contribution is 2.50. The first-order chi connectivity index (χ1) is 13.9. The van der Waals surface area contributed by atoms with E-state index < -0.39 is 0 Å². The summed E-state index contributed by atoms with van der Waals surface area (Å²) in [6.45, 7) is 9.36. The Kier molecular flexibility index (Phi) is 5.67. The minimum Gasteiger partial charge on any atom is -0.372 e. The van der Waals surface area contributed by atoms with Crippen molar-refractivity contribution in [1.82, 2.24) is 15.1 Å². The summed E-state index contributed by atoms with van der Waals surface area (Å²) < 4.78 is 5.75. The monoisotopic (exact) mass is 399 g/mol. The van der Waals surface area contributed by atoms with Crippen molar-refractivity contribution in [1.29, 1.82) is 0 Å². The van der Waals surface area contributed by atoms with Gasteiger partial charge in [0.05, 0.1) is 24.8 Å². The number of ether oxygens (including phenoxy) is 1. The van der Waals surface area contributed by atoms with Crippen LogP contribution in [0.5, 0.6) is 0 Å². The van der Waals surface area contributed by atoms with Gasteiger partial charge in [-0.2, -0.15) is 0 Å². The van der Waals surface area contributed by atoms with Crippen LogP contribution < -0.4 is 5.32 Å².